The summed E-state index contributed by atoms with van der Waals surface area (Å²) in [4.78, 5) is 35.2. The van der Waals surface area contributed by atoms with Gasteiger partial charge in [0.25, 0.3) is 5.91 Å². The molecule has 2 aromatic rings. The number of hydrogen-bond acceptors (Lipinski definition) is 5. The van der Waals surface area contributed by atoms with Crippen LogP contribution in [-0.4, -0.2) is 30.9 Å². The maximum atomic E-state index is 12.8. The van der Waals surface area contributed by atoms with Gasteiger partial charge in [-0.3, -0.25) is 9.59 Å². The third-order valence-electron chi connectivity index (χ3n) is 3.35. The molecule has 3 rings (SSSR count). The number of benzene rings is 2. The Bertz CT molecular complexity index is 816. The van der Waals surface area contributed by atoms with Gasteiger partial charge in [-0.25, -0.2) is 9.18 Å². The predicted octanol–water partition coefficient (Wildman–Crippen LogP) is 2.20. The smallest absolute Gasteiger partial charge is 0.338 e. The van der Waals surface area contributed by atoms with Crippen LogP contribution in [-0.2, 0) is 9.53 Å². The molecule has 1 heterocycles. The van der Waals surface area contributed by atoms with Crippen molar-refractivity contribution in [3.05, 3.63) is 59.4 Å². The molecule has 0 fully saturated rings. The second kappa shape index (κ2) is 6.49. The van der Waals surface area contributed by atoms with E-state index < -0.39 is 24.2 Å². The molecule has 0 aromatic heterocycles. The zero-order chi connectivity index (χ0) is 17.1. The highest BCUT2D eigenvalue weighted by Crippen LogP contribution is 2.28. The zero-order valence-electron chi connectivity index (χ0n) is 12.4. The average Bonchev–Trinajstić information content (AvgIpc) is 2.59. The van der Waals surface area contributed by atoms with Crippen LogP contribution in [0.25, 0.3) is 0 Å². The Kier molecular flexibility index (Phi) is 4.24. The predicted molar refractivity (Wildman–Crippen MR) is 81.6 cm³/mol. The van der Waals surface area contributed by atoms with E-state index in [1.807, 2.05) is 0 Å². The van der Waals surface area contributed by atoms with Crippen molar-refractivity contribution >= 4 is 23.3 Å². The number of nitrogens with one attached hydrogen (secondary N) is 1. The molecule has 0 unspecified atom stereocenters. The van der Waals surface area contributed by atoms with Gasteiger partial charge >= 0.3 is 5.97 Å². The summed E-state index contributed by atoms with van der Waals surface area (Å²) in [6, 6.07) is 9.34. The van der Waals surface area contributed by atoms with Crippen molar-refractivity contribution in [2.45, 2.75) is 0 Å². The molecule has 1 aliphatic heterocycles. The van der Waals surface area contributed by atoms with Gasteiger partial charge < -0.3 is 14.8 Å². The molecule has 0 aliphatic carbocycles. The quantitative estimate of drug-likeness (QED) is 0.687. The first-order valence-electron chi connectivity index (χ1n) is 7.05. The first-order chi connectivity index (χ1) is 11.5. The molecule has 1 aliphatic rings. The van der Waals surface area contributed by atoms with E-state index in [4.69, 9.17) is 9.47 Å². The van der Waals surface area contributed by atoms with Crippen molar-refractivity contribution < 1.29 is 28.2 Å². The summed E-state index contributed by atoms with van der Waals surface area (Å²) in [5, 5.41) is 2.59. The molecule has 2 aromatic carbocycles. The number of ether oxygens (including phenoxy) is 2. The number of anilines is 1. The van der Waals surface area contributed by atoms with Crippen LogP contribution in [0, 0.1) is 5.82 Å². The van der Waals surface area contributed by atoms with E-state index in [2.05, 4.69) is 5.32 Å². The maximum Gasteiger partial charge on any atom is 0.338 e. The minimum atomic E-state index is -0.724. The Morgan fingerprint density at radius 2 is 1.83 bits per heavy atom. The molecular weight excluding hydrogens is 317 g/mol. The standard InChI is InChI=1S/C17H12FNO5/c18-12-4-1-10(2-5-12)17(22)24-8-14(20)11-3-6-15-13(7-11)19-16(21)9-23-15/h1-7H,8-9H2,(H,19,21). The van der Waals surface area contributed by atoms with Crippen molar-refractivity contribution in [2.75, 3.05) is 18.5 Å². The van der Waals surface area contributed by atoms with Crippen LogP contribution in [0.15, 0.2) is 42.5 Å². The summed E-state index contributed by atoms with van der Waals surface area (Å²) in [5.74, 6) is -1.48. The summed E-state index contributed by atoms with van der Waals surface area (Å²) in [5.41, 5.74) is 0.809. The van der Waals surface area contributed by atoms with E-state index in [0.29, 0.717) is 11.4 Å². The second-order valence-corrected chi connectivity index (χ2v) is 5.05. The van der Waals surface area contributed by atoms with E-state index in [1.165, 1.54) is 24.3 Å². The normalized spacial score (nSPS) is 12.6. The first kappa shape index (κ1) is 15.7. The molecular formula is C17H12FNO5. The van der Waals surface area contributed by atoms with Crippen LogP contribution in [0.5, 0.6) is 5.75 Å². The Hall–Kier alpha value is -3.22. The van der Waals surface area contributed by atoms with Gasteiger partial charge in [0.05, 0.1) is 11.3 Å². The van der Waals surface area contributed by atoms with Crippen molar-refractivity contribution in [2.24, 2.45) is 0 Å². The Balaban J connectivity index is 1.65. The highest BCUT2D eigenvalue weighted by molar-refractivity contribution is 6.02. The van der Waals surface area contributed by atoms with Gasteiger partial charge in [0.2, 0.25) is 0 Å². The lowest BCUT2D eigenvalue weighted by molar-refractivity contribution is -0.118. The number of halogens is 1. The van der Waals surface area contributed by atoms with Crippen molar-refractivity contribution in [3.8, 4) is 5.75 Å². The maximum absolute atomic E-state index is 12.8. The lowest BCUT2D eigenvalue weighted by Gasteiger charge is -2.18. The van der Waals surface area contributed by atoms with Gasteiger partial charge in [0.15, 0.2) is 19.0 Å². The summed E-state index contributed by atoms with van der Waals surface area (Å²) < 4.78 is 22.9. The van der Waals surface area contributed by atoms with Gasteiger partial charge in [0, 0.05) is 5.56 Å². The summed E-state index contributed by atoms with van der Waals surface area (Å²) in [6.45, 7) is -0.542. The number of Topliss-reactive ketones (excluding diaryl/α,β-unsaturated/α-hetero) is 1. The molecule has 0 saturated heterocycles. The van der Waals surface area contributed by atoms with Gasteiger partial charge in [-0.05, 0) is 42.5 Å². The summed E-state index contributed by atoms with van der Waals surface area (Å²) >= 11 is 0. The highest BCUT2D eigenvalue weighted by Gasteiger charge is 2.18. The van der Waals surface area contributed by atoms with Gasteiger partial charge in [-0.15, -0.1) is 0 Å². The number of carbonyl (C=O) groups excluding carboxylic acids is 3. The van der Waals surface area contributed by atoms with E-state index >= 15 is 0 Å². The van der Waals surface area contributed by atoms with Gasteiger partial charge in [-0.2, -0.15) is 0 Å². The largest absolute Gasteiger partial charge is 0.482 e. The molecule has 0 radical (unpaired) electrons. The number of rotatable bonds is 4. The second-order valence-electron chi connectivity index (χ2n) is 5.05. The molecule has 7 heteroatoms. The van der Waals surface area contributed by atoms with E-state index in [0.717, 1.165) is 12.1 Å². The molecule has 0 atom stereocenters. The van der Waals surface area contributed by atoms with Crippen LogP contribution in [0.3, 0.4) is 0 Å². The molecule has 1 N–H and O–H groups in total. The third-order valence-corrected chi connectivity index (χ3v) is 3.35. The molecule has 0 spiro atoms. The highest BCUT2D eigenvalue weighted by atomic mass is 19.1. The summed E-state index contributed by atoms with van der Waals surface area (Å²) in [6.07, 6.45) is 0. The number of esters is 1. The van der Waals surface area contributed by atoms with Crippen molar-refractivity contribution in [1.29, 1.82) is 0 Å². The van der Waals surface area contributed by atoms with E-state index in [9.17, 15) is 18.8 Å². The number of carbonyl (C=O) groups is 3. The van der Waals surface area contributed by atoms with Crippen LogP contribution in [0.1, 0.15) is 20.7 Å². The minimum Gasteiger partial charge on any atom is -0.482 e. The fraction of sp³-hybridized carbons (Fsp3) is 0.118. The number of ketones is 1. The number of hydrogen-bond donors (Lipinski definition) is 1. The van der Waals surface area contributed by atoms with Gasteiger partial charge in [0.1, 0.15) is 11.6 Å². The van der Waals surface area contributed by atoms with Crippen molar-refractivity contribution in [1.82, 2.24) is 0 Å². The third kappa shape index (κ3) is 3.40. The van der Waals surface area contributed by atoms with Crippen LogP contribution in [0.2, 0.25) is 0 Å². The average molecular weight is 329 g/mol. The van der Waals surface area contributed by atoms with Crippen molar-refractivity contribution in [3.63, 3.8) is 0 Å². The van der Waals surface area contributed by atoms with E-state index in [1.54, 1.807) is 6.07 Å². The first-order valence-corrected chi connectivity index (χ1v) is 7.05. The lowest BCUT2D eigenvalue weighted by atomic mass is 10.1. The Labute approximate surface area is 136 Å². The van der Waals surface area contributed by atoms with Crippen LogP contribution < -0.4 is 10.1 Å². The number of fused-ring (bicyclic) bond motifs is 1. The SMILES string of the molecule is O=C1COc2ccc(C(=O)COC(=O)c3ccc(F)cc3)cc2N1. The Morgan fingerprint density at radius 1 is 1.12 bits per heavy atom. The lowest BCUT2D eigenvalue weighted by Crippen LogP contribution is -2.25. The summed E-state index contributed by atoms with van der Waals surface area (Å²) in [7, 11) is 0. The van der Waals surface area contributed by atoms with Crippen LogP contribution in [0.4, 0.5) is 10.1 Å². The fourth-order valence-corrected chi connectivity index (χ4v) is 2.14. The fourth-order valence-electron chi connectivity index (χ4n) is 2.14. The molecule has 24 heavy (non-hydrogen) atoms. The zero-order valence-corrected chi connectivity index (χ0v) is 12.4. The molecule has 1 amide bonds. The molecule has 0 saturated carbocycles. The topological polar surface area (TPSA) is 81.7 Å². The number of amides is 1. The molecule has 0 bridgehead atoms. The van der Waals surface area contributed by atoms with E-state index in [-0.39, 0.29) is 23.6 Å². The molecule has 122 valence electrons. The minimum absolute atomic E-state index is 0.0738. The Morgan fingerprint density at radius 3 is 2.58 bits per heavy atom. The van der Waals surface area contributed by atoms with Crippen LogP contribution >= 0.6 is 0 Å². The van der Waals surface area contributed by atoms with Gasteiger partial charge in [-0.1, -0.05) is 0 Å². The monoisotopic (exact) mass is 329 g/mol. The molecule has 6 nitrogen and oxygen atoms in total.